The highest BCUT2D eigenvalue weighted by Gasteiger charge is 2.24. The normalized spacial score (nSPS) is 14.4. The predicted molar refractivity (Wildman–Crippen MR) is 100.0 cm³/mol. The van der Waals surface area contributed by atoms with Gasteiger partial charge in [0, 0.05) is 45.0 Å². The number of aromatic nitrogens is 2. The summed E-state index contributed by atoms with van der Waals surface area (Å²) in [5.74, 6) is 0.655. The predicted octanol–water partition coefficient (Wildman–Crippen LogP) is 1.96. The smallest absolute Gasteiger partial charge is 0.323 e. The van der Waals surface area contributed by atoms with Crippen LogP contribution in [0, 0.1) is 13.8 Å². The second kappa shape index (κ2) is 7.59. The maximum atomic E-state index is 12.5. The average Bonchev–Trinajstić information content (AvgIpc) is 2.94. The molecule has 138 valence electrons. The summed E-state index contributed by atoms with van der Waals surface area (Å²) in [7, 11) is 1.84. The number of rotatable bonds is 3. The standard InChI is InChI=1S/C19H25N5O2/c1-14-4-6-16(7-5-14)13-18(25)23-8-10-24(11-9-23)19(26)20-17-12-15(2)22(3)21-17/h4-7,12H,8-11,13H2,1-3H3,(H,20,21,26). The highest BCUT2D eigenvalue weighted by Crippen LogP contribution is 2.11. The second-order valence-electron chi connectivity index (χ2n) is 6.75. The van der Waals surface area contributed by atoms with Gasteiger partial charge in [-0.25, -0.2) is 4.79 Å². The van der Waals surface area contributed by atoms with E-state index in [2.05, 4.69) is 10.4 Å². The summed E-state index contributed by atoms with van der Waals surface area (Å²) < 4.78 is 1.72. The molecule has 0 radical (unpaired) electrons. The highest BCUT2D eigenvalue weighted by molar-refractivity contribution is 5.88. The summed E-state index contributed by atoms with van der Waals surface area (Å²) in [6.45, 7) is 6.12. The van der Waals surface area contributed by atoms with Gasteiger partial charge in [0.05, 0.1) is 6.42 Å². The molecular formula is C19H25N5O2. The third-order valence-corrected chi connectivity index (χ3v) is 4.74. The van der Waals surface area contributed by atoms with Crippen LogP contribution < -0.4 is 5.32 Å². The molecular weight excluding hydrogens is 330 g/mol. The van der Waals surface area contributed by atoms with Gasteiger partial charge in [-0.05, 0) is 19.4 Å². The molecule has 1 saturated heterocycles. The van der Waals surface area contributed by atoms with E-state index in [9.17, 15) is 9.59 Å². The van der Waals surface area contributed by atoms with E-state index >= 15 is 0 Å². The van der Waals surface area contributed by atoms with E-state index in [0.717, 1.165) is 11.3 Å². The minimum absolute atomic E-state index is 0.106. The number of urea groups is 1. The number of carbonyl (C=O) groups is 2. The summed E-state index contributed by atoms with van der Waals surface area (Å²) in [5, 5.41) is 7.05. The van der Waals surface area contributed by atoms with Crippen molar-refractivity contribution in [2.24, 2.45) is 7.05 Å². The Labute approximate surface area is 153 Å². The SMILES string of the molecule is Cc1ccc(CC(=O)N2CCN(C(=O)Nc3cc(C)n(C)n3)CC2)cc1. The van der Waals surface area contributed by atoms with E-state index in [-0.39, 0.29) is 11.9 Å². The fraction of sp³-hybridized carbons (Fsp3) is 0.421. The first kappa shape index (κ1) is 18.0. The van der Waals surface area contributed by atoms with Gasteiger partial charge in [0.15, 0.2) is 5.82 Å². The van der Waals surface area contributed by atoms with Gasteiger partial charge in [0.1, 0.15) is 0 Å². The first-order valence-corrected chi connectivity index (χ1v) is 8.82. The lowest BCUT2D eigenvalue weighted by atomic mass is 10.1. The van der Waals surface area contributed by atoms with Crippen molar-refractivity contribution < 1.29 is 9.59 Å². The molecule has 1 aromatic carbocycles. The largest absolute Gasteiger partial charge is 0.339 e. The molecule has 0 aliphatic carbocycles. The second-order valence-corrected chi connectivity index (χ2v) is 6.75. The molecule has 7 heteroatoms. The summed E-state index contributed by atoms with van der Waals surface area (Å²) in [6.07, 6.45) is 0.402. The van der Waals surface area contributed by atoms with Gasteiger partial charge in [-0.3, -0.25) is 14.8 Å². The van der Waals surface area contributed by atoms with Gasteiger partial charge in [-0.2, -0.15) is 5.10 Å². The number of piperazine rings is 1. The molecule has 2 heterocycles. The zero-order valence-electron chi connectivity index (χ0n) is 15.5. The van der Waals surface area contributed by atoms with Crippen molar-refractivity contribution in [3.05, 3.63) is 47.2 Å². The number of anilines is 1. The Balaban J connectivity index is 1.49. The van der Waals surface area contributed by atoms with E-state index in [1.807, 2.05) is 56.1 Å². The minimum atomic E-state index is -0.172. The summed E-state index contributed by atoms with van der Waals surface area (Å²) in [6, 6.07) is 9.68. The minimum Gasteiger partial charge on any atom is -0.339 e. The Morgan fingerprint density at radius 3 is 2.23 bits per heavy atom. The van der Waals surface area contributed by atoms with E-state index in [0.29, 0.717) is 38.4 Å². The van der Waals surface area contributed by atoms with Crippen LogP contribution in [0.2, 0.25) is 0 Å². The molecule has 1 aliphatic rings. The molecule has 1 aromatic heterocycles. The highest BCUT2D eigenvalue weighted by atomic mass is 16.2. The van der Waals surface area contributed by atoms with Crippen molar-refractivity contribution in [3.63, 3.8) is 0 Å². The Morgan fingerprint density at radius 1 is 1.04 bits per heavy atom. The number of hydrogen-bond acceptors (Lipinski definition) is 3. The number of aryl methyl sites for hydroxylation is 3. The van der Waals surface area contributed by atoms with Crippen molar-refractivity contribution >= 4 is 17.8 Å². The van der Waals surface area contributed by atoms with Gasteiger partial charge in [0.25, 0.3) is 0 Å². The van der Waals surface area contributed by atoms with Gasteiger partial charge >= 0.3 is 6.03 Å². The van der Waals surface area contributed by atoms with Gasteiger partial charge in [-0.1, -0.05) is 29.8 Å². The van der Waals surface area contributed by atoms with Crippen LogP contribution in [0.4, 0.5) is 10.6 Å². The lowest BCUT2D eigenvalue weighted by Gasteiger charge is -2.34. The Morgan fingerprint density at radius 2 is 1.65 bits per heavy atom. The summed E-state index contributed by atoms with van der Waals surface area (Å²) in [4.78, 5) is 28.4. The first-order chi connectivity index (χ1) is 12.4. The Bertz CT molecular complexity index is 769. The zero-order chi connectivity index (χ0) is 18.7. The quantitative estimate of drug-likeness (QED) is 0.915. The molecule has 3 rings (SSSR count). The molecule has 7 nitrogen and oxygen atoms in total. The van der Waals surface area contributed by atoms with Crippen molar-refractivity contribution in [2.45, 2.75) is 20.3 Å². The van der Waals surface area contributed by atoms with Crippen molar-refractivity contribution in [1.82, 2.24) is 19.6 Å². The molecule has 1 N–H and O–H groups in total. The van der Waals surface area contributed by atoms with Crippen LogP contribution in [0.3, 0.4) is 0 Å². The molecule has 0 atom stereocenters. The average molecular weight is 355 g/mol. The maximum Gasteiger partial charge on any atom is 0.323 e. The molecule has 26 heavy (non-hydrogen) atoms. The van der Waals surface area contributed by atoms with Gasteiger partial charge in [0.2, 0.25) is 5.91 Å². The van der Waals surface area contributed by atoms with Crippen LogP contribution in [0.25, 0.3) is 0 Å². The first-order valence-electron chi connectivity index (χ1n) is 8.82. The Kier molecular flexibility index (Phi) is 5.25. The van der Waals surface area contributed by atoms with Crippen LogP contribution in [0.1, 0.15) is 16.8 Å². The van der Waals surface area contributed by atoms with Crippen molar-refractivity contribution in [2.75, 3.05) is 31.5 Å². The summed E-state index contributed by atoms with van der Waals surface area (Å²) >= 11 is 0. The third-order valence-electron chi connectivity index (χ3n) is 4.74. The number of hydrogen-bond donors (Lipinski definition) is 1. The van der Waals surface area contributed by atoms with Gasteiger partial charge in [-0.15, -0.1) is 0 Å². The van der Waals surface area contributed by atoms with Crippen LogP contribution >= 0.6 is 0 Å². The van der Waals surface area contributed by atoms with Gasteiger partial charge < -0.3 is 9.80 Å². The number of benzene rings is 1. The van der Waals surface area contributed by atoms with Crippen LogP contribution in [-0.2, 0) is 18.3 Å². The molecule has 1 fully saturated rings. The molecule has 0 unspecified atom stereocenters. The van der Waals surface area contributed by atoms with Crippen LogP contribution in [0.5, 0.6) is 0 Å². The van der Waals surface area contributed by atoms with Crippen LogP contribution in [-0.4, -0.2) is 57.7 Å². The topological polar surface area (TPSA) is 70.5 Å². The van der Waals surface area contributed by atoms with E-state index in [1.54, 1.807) is 9.58 Å². The van der Waals surface area contributed by atoms with E-state index < -0.39 is 0 Å². The fourth-order valence-electron chi connectivity index (χ4n) is 2.96. The molecule has 0 saturated carbocycles. The van der Waals surface area contributed by atoms with Crippen molar-refractivity contribution in [3.8, 4) is 0 Å². The Hall–Kier alpha value is -2.83. The maximum absolute atomic E-state index is 12.5. The lowest BCUT2D eigenvalue weighted by molar-refractivity contribution is -0.131. The lowest BCUT2D eigenvalue weighted by Crippen LogP contribution is -2.52. The number of carbonyl (C=O) groups excluding carboxylic acids is 2. The molecule has 3 amide bonds. The zero-order valence-corrected chi connectivity index (χ0v) is 15.5. The fourth-order valence-corrected chi connectivity index (χ4v) is 2.96. The molecule has 2 aromatic rings. The monoisotopic (exact) mass is 355 g/mol. The van der Waals surface area contributed by atoms with E-state index in [4.69, 9.17) is 0 Å². The van der Waals surface area contributed by atoms with Crippen molar-refractivity contribution in [1.29, 1.82) is 0 Å². The number of amides is 3. The van der Waals surface area contributed by atoms with Crippen LogP contribution in [0.15, 0.2) is 30.3 Å². The number of nitrogens with one attached hydrogen (secondary N) is 1. The molecule has 0 bridgehead atoms. The third kappa shape index (κ3) is 4.22. The molecule has 0 spiro atoms. The summed E-state index contributed by atoms with van der Waals surface area (Å²) in [5.41, 5.74) is 3.18. The molecule has 1 aliphatic heterocycles. The van der Waals surface area contributed by atoms with E-state index in [1.165, 1.54) is 5.56 Å². The number of nitrogens with zero attached hydrogens (tertiary/aromatic N) is 4.